The standard InChI is InChI=1S/C30H36BrF3N2O7/c1-18-5-7-20(8-6-18)28(38)36(21(16-40-2)17-41-3)26-10-9-23(13-24(26)29(39)42-4)43-27-25(30(32,33)34)12-19(15-35-27)11-22(37)14-31/h9-10,12-13,15,18,20-21H,5-8,11,14,16-17H2,1-4H3. The fourth-order valence-electron chi connectivity index (χ4n) is 5.11. The molecule has 1 aliphatic rings. The van der Waals surface area contributed by atoms with E-state index in [0.29, 0.717) is 18.8 Å². The van der Waals surface area contributed by atoms with Gasteiger partial charge in [0.1, 0.15) is 17.1 Å². The molecule has 3 rings (SSSR count). The molecular formula is C30H36BrF3N2O7. The van der Waals surface area contributed by atoms with Crippen molar-refractivity contribution >= 4 is 39.3 Å². The largest absolute Gasteiger partial charge is 0.465 e. The number of hydrogen-bond donors (Lipinski definition) is 0. The molecule has 0 saturated heterocycles. The van der Waals surface area contributed by atoms with Gasteiger partial charge < -0.3 is 23.8 Å². The zero-order valence-electron chi connectivity index (χ0n) is 24.5. The van der Waals surface area contributed by atoms with Crippen molar-refractivity contribution in [1.82, 2.24) is 4.98 Å². The number of aromatic nitrogens is 1. The molecule has 1 aromatic carbocycles. The lowest BCUT2D eigenvalue weighted by atomic mass is 9.82. The zero-order chi connectivity index (χ0) is 31.7. The third-order valence-electron chi connectivity index (χ3n) is 7.30. The number of alkyl halides is 4. The van der Waals surface area contributed by atoms with Crippen LogP contribution in [0.5, 0.6) is 11.6 Å². The Morgan fingerprint density at radius 3 is 2.26 bits per heavy atom. The van der Waals surface area contributed by atoms with Crippen LogP contribution in [0.3, 0.4) is 0 Å². The van der Waals surface area contributed by atoms with Crippen LogP contribution in [0.4, 0.5) is 18.9 Å². The van der Waals surface area contributed by atoms with Crippen molar-refractivity contribution in [2.75, 3.05) is 44.8 Å². The van der Waals surface area contributed by atoms with Gasteiger partial charge in [0, 0.05) is 32.8 Å². The van der Waals surface area contributed by atoms with E-state index in [0.717, 1.165) is 32.2 Å². The van der Waals surface area contributed by atoms with E-state index in [-0.39, 0.29) is 65.1 Å². The molecule has 9 nitrogen and oxygen atoms in total. The Morgan fingerprint density at radius 1 is 1.05 bits per heavy atom. The summed E-state index contributed by atoms with van der Waals surface area (Å²) in [4.78, 5) is 44.1. The van der Waals surface area contributed by atoms with Crippen molar-refractivity contribution in [2.24, 2.45) is 11.8 Å². The van der Waals surface area contributed by atoms with E-state index in [9.17, 15) is 27.6 Å². The average molecular weight is 674 g/mol. The molecular weight excluding hydrogens is 637 g/mol. The maximum Gasteiger partial charge on any atom is 0.421 e. The minimum Gasteiger partial charge on any atom is -0.465 e. The van der Waals surface area contributed by atoms with Crippen LogP contribution in [0.15, 0.2) is 30.5 Å². The summed E-state index contributed by atoms with van der Waals surface area (Å²) in [6, 6.07) is 4.20. The Balaban J connectivity index is 2.07. The smallest absolute Gasteiger partial charge is 0.421 e. The number of methoxy groups -OCH3 is 3. The summed E-state index contributed by atoms with van der Waals surface area (Å²) in [5.74, 6) is -2.03. The number of carbonyl (C=O) groups is 3. The van der Waals surface area contributed by atoms with Gasteiger partial charge in [-0.3, -0.25) is 9.59 Å². The highest BCUT2D eigenvalue weighted by atomic mass is 79.9. The average Bonchev–Trinajstić information content (AvgIpc) is 2.98. The van der Waals surface area contributed by atoms with Crippen molar-refractivity contribution in [3.63, 3.8) is 0 Å². The molecule has 1 saturated carbocycles. The van der Waals surface area contributed by atoms with Gasteiger partial charge in [-0.15, -0.1) is 0 Å². The Hall–Kier alpha value is -3.03. The lowest BCUT2D eigenvalue weighted by Gasteiger charge is -2.36. The Kier molecular flexibility index (Phi) is 12.5. The van der Waals surface area contributed by atoms with Crippen LogP contribution >= 0.6 is 15.9 Å². The zero-order valence-corrected chi connectivity index (χ0v) is 26.1. The molecule has 0 atom stereocenters. The number of carbonyl (C=O) groups excluding carboxylic acids is 3. The molecule has 0 spiro atoms. The van der Waals surface area contributed by atoms with Gasteiger partial charge in [0.15, 0.2) is 0 Å². The van der Waals surface area contributed by atoms with Crippen LogP contribution in [0, 0.1) is 11.8 Å². The normalized spacial score (nSPS) is 17.0. The Morgan fingerprint density at radius 2 is 1.70 bits per heavy atom. The van der Waals surface area contributed by atoms with E-state index in [1.165, 1.54) is 37.3 Å². The van der Waals surface area contributed by atoms with Crippen LogP contribution in [0.1, 0.15) is 54.1 Å². The summed E-state index contributed by atoms with van der Waals surface area (Å²) in [5.41, 5.74) is -1.01. The number of ether oxygens (including phenoxy) is 4. The SMILES string of the molecule is COCC(COC)N(C(=O)C1CCC(C)CC1)c1ccc(Oc2ncc(CC(=O)CBr)cc2C(F)(F)F)cc1C(=O)OC. The van der Waals surface area contributed by atoms with Gasteiger partial charge >= 0.3 is 12.1 Å². The van der Waals surface area contributed by atoms with Crippen LogP contribution in [0.25, 0.3) is 0 Å². The number of rotatable bonds is 13. The molecule has 1 heterocycles. The third kappa shape index (κ3) is 8.99. The maximum absolute atomic E-state index is 14.0. The summed E-state index contributed by atoms with van der Waals surface area (Å²) < 4.78 is 63.1. The Bertz CT molecular complexity index is 1280. The van der Waals surface area contributed by atoms with Gasteiger partial charge in [0.25, 0.3) is 0 Å². The highest BCUT2D eigenvalue weighted by molar-refractivity contribution is 9.09. The molecule has 43 heavy (non-hydrogen) atoms. The fraction of sp³-hybridized carbons (Fsp3) is 0.533. The molecule has 0 bridgehead atoms. The van der Waals surface area contributed by atoms with Crippen LogP contribution in [-0.4, -0.2) is 68.6 Å². The topological polar surface area (TPSA) is 104 Å². The number of esters is 1. The highest BCUT2D eigenvalue weighted by Gasteiger charge is 2.37. The molecule has 1 aliphatic carbocycles. The van der Waals surface area contributed by atoms with Crippen LogP contribution < -0.4 is 9.64 Å². The van der Waals surface area contributed by atoms with Gasteiger partial charge in [-0.1, -0.05) is 22.9 Å². The van der Waals surface area contributed by atoms with Gasteiger partial charge in [-0.25, -0.2) is 9.78 Å². The number of pyridine rings is 1. The fourth-order valence-corrected chi connectivity index (χ4v) is 5.30. The van der Waals surface area contributed by atoms with Crippen LogP contribution in [-0.2, 0) is 36.4 Å². The van der Waals surface area contributed by atoms with Crippen molar-refractivity contribution in [3.8, 4) is 11.6 Å². The van der Waals surface area contributed by atoms with E-state index in [2.05, 4.69) is 27.8 Å². The number of ketones is 1. The first-order chi connectivity index (χ1) is 20.4. The van der Waals surface area contributed by atoms with Crippen LogP contribution in [0.2, 0.25) is 0 Å². The van der Waals surface area contributed by atoms with E-state index in [1.807, 2.05) is 0 Å². The minimum absolute atomic E-state index is 0.00966. The molecule has 0 aliphatic heterocycles. The first kappa shape index (κ1) is 34.5. The second-order valence-corrected chi connectivity index (χ2v) is 11.1. The van der Waals surface area contributed by atoms with E-state index >= 15 is 0 Å². The van der Waals surface area contributed by atoms with E-state index in [4.69, 9.17) is 18.9 Å². The number of Topliss-reactive ketones (excluding diaryl/α,β-unsaturated/α-hetero) is 1. The summed E-state index contributed by atoms with van der Waals surface area (Å²) >= 11 is 3.00. The molecule has 1 aromatic heterocycles. The molecule has 2 aromatic rings. The second kappa shape index (κ2) is 15.6. The maximum atomic E-state index is 14.0. The summed E-state index contributed by atoms with van der Waals surface area (Å²) in [5, 5.41) is -0.00966. The first-order valence-corrected chi connectivity index (χ1v) is 14.9. The minimum atomic E-state index is -4.84. The summed E-state index contributed by atoms with van der Waals surface area (Å²) in [6.45, 7) is 2.34. The van der Waals surface area contributed by atoms with Gasteiger partial charge in [0.05, 0.1) is 42.9 Å². The van der Waals surface area contributed by atoms with Gasteiger partial charge in [0.2, 0.25) is 11.8 Å². The van der Waals surface area contributed by atoms with E-state index < -0.39 is 29.6 Å². The Labute approximate surface area is 257 Å². The lowest BCUT2D eigenvalue weighted by molar-refractivity contribution is -0.139. The number of nitrogens with zero attached hydrogens (tertiary/aromatic N) is 2. The summed E-state index contributed by atoms with van der Waals surface area (Å²) in [6.07, 6.45) is -0.810. The number of amides is 1. The molecule has 1 fully saturated rings. The predicted molar refractivity (Wildman–Crippen MR) is 156 cm³/mol. The van der Waals surface area contributed by atoms with Crippen molar-refractivity contribution in [2.45, 2.75) is 51.2 Å². The molecule has 13 heteroatoms. The number of anilines is 1. The molecule has 1 amide bonds. The number of halogens is 4. The van der Waals surface area contributed by atoms with Gasteiger partial charge in [-0.2, -0.15) is 13.2 Å². The molecule has 0 radical (unpaired) electrons. The second-order valence-electron chi connectivity index (χ2n) is 10.5. The molecule has 0 unspecified atom stereocenters. The van der Waals surface area contributed by atoms with Crippen molar-refractivity contribution in [3.05, 3.63) is 47.2 Å². The number of hydrogen-bond acceptors (Lipinski definition) is 8. The highest BCUT2D eigenvalue weighted by Crippen LogP contribution is 2.39. The van der Waals surface area contributed by atoms with E-state index in [1.54, 1.807) is 0 Å². The lowest BCUT2D eigenvalue weighted by Crippen LogP contribution is -2.49. The van der Waals surface area contributed by atoms with Gasteiger partial charge in [-0.05, 0) is 61.4 Å². The first-order valence-electron chi connectivity index (χ1n) is 13.8. The summed E-state index contributed by atoms with van der Waals surface area (Å²) in [7, 11) is 4.13. The molecule has 236 valence electrons. The monoisotopic (exact) mass is 672 g/mol. The molecule has 0 N–H and O–H groups in total. The van der Waals surface area contributed by atoms with Crippen molar-refractivity contribution in [1.29, 1.82) is 0 Å². The third-order valence-corrected chi connectivity index (χ3v) is 7.92. The quantitative estimate of drug-likeness (QED) is 0.188. The predicted octanol–water partition coefficient (Wildman–Crippen LogP) is 6.01. The van der Waals surface area contributed by atoms with Crippen molar-refractivity contribution < 1.29 is 46.5 Å². The number of benzene rings is 1.